The van der Waals surface area contributed by atoms with Gasteiger partial charge in [-0.1, -0.05) is 37.3 Å². The molecule has 1 heterocycles. The van der Waals surface area contributed by atoms with E-state index >= 15 is 0 Å². The quantitative estimate of drug-likeness (QED) is 0.705. The highest BCUT2D eigenvalue weighted by molar-refractivity contribution is 6.36. The molecule has 122 valence electrons. The summed E-state index contributed by atoms with van der Waals surface area (Å²) in [5.74, 6) is 0.634. The standard InChI is InChI=1S/C18H29BO3/c1-15(10-11-17-8-6-5-7-9-17)12-13-20-19-21-16(2)14-18(3,4)22-19/h5-9,15-16H,10-14H2,1-4H3. The molecule has 22 heavy (non-hydrogen) atoms. The third kappa shape index (κ3) is 6.11. The van der Waals surface area contributed by atoms with E-state index in [4.69, 9.17) is 14.0 Å². The van der Waals surface area contributed by atoms with Gasteiger partial charge in [0.25, 0.3) is 0 Å². The lowest BCUT2D eigenvalue weighted by molar-refractivity contribution is -0.0696. The Bertz CT molecular complexity index is 435. The summed E-state index contributed by atoms with van der Waals surface area (Å²) in [6.07, 6.45) is 4.43. The van der Waals surface area contributed by atoms with Gasteiger partial charge in [-0.05, 0) is 57.9 Å². The van der Waals surface area contributed by atoms with E-state index in [0.29, 0.717) is 12.5 Å². The fraction of sp³-hybridized carbons (Fsp3) is 0.667. The van der Waals surface area contributed by atoms with Crippen molar-refractivity contribution in [3.05, 3.63) is 35.9 Å². The summed E-state index contributed by atoms with van der Waals surface area (Å²) in [4.78, 5) is 0. The van der Waals surface area contributed by atoms with Gasteiger partial charge >= 0.3 is 7.32 Å². The number of benzene rings is 1. The molecule has 0 radical (unpaired) electrons. The van der Waals surface area contributed by atoms with E-state index in [1.165, 1.54) is 12.0 Å². The van der Waals surface area contributed by atoms with Crippen LogP contribution in [0.1, 0.15) is 52.5 Å². The van der Waals surface area contributed by atoms with Gasteiger partial charge in [0.05, 0.1) is 5.60 Å². The monoisotopic (exact) mass is 304 g/mol. The van der Waals surface area contributed by atoms with Crippen molar-refractivity contribution in [1.82, 2.24) is 0 Å². The van der Waals surface area contributed by atoms with Gasteiger partial charge in [0, 0.05) is 12.7 Å². The van der Waals surface area contributed by atoms with Gasteiger partial charge in [-0.25, -0.2) is 0 Å². The predicted octanol–water partition coefficient (Wildman–Crippen LogP) is 4.25. The van der Waals surface area contributed by atoms with Crippen LogP contribution in [0.15, 0.2) is 30.3 Å². The molecule has 0 aromatic heterocycles. The lowest BCUT2D eigenvalue weighted by atomic mass is 9.94. The van der Waals surface area contributed by atoms with E-state index in [1.807, 2.05) is 0 Å². The second-order valence-corrected chi connectivity index (χ2v) is 7.11. The van der Waals surface area contributed by atoms with Crippen LogP contribution in [-0.2, 0) is 20.4 Å². The van der Waals surface area contributed by atoms with Gasteiger partial charge < -0.3 is 14.0 Å². The van der Waals surface area contributed by atoms with Crippen LogP contribution in [0.4, 0.5) is 0 Å². The zero-order chi connectivity index (χ0) is 16.0. The zero-order valence-electron chi connectivity index (χ0n) is 14.4. The molecule has 3 nitrogen and oxygen atoms in total. The summed E-state index contributed by atoms with van der Waals surface area (Å²) in [5.41, 5.74) is 1.24. The molecule has 0 bridgehead atoms. The molecule has 1 aliphatic heterocycles. The van der Waals surface area contributed by atoms with Crippen LogP contribution in [0.2, 0.25) is 0 Å². The fourth-order valence-corrected chi connectivity index (χ4v) is 2.91. The first-order valence-electron chi connectivity index (χ1n) is 8.43. The Labute approximate surface area is 135 Å². The maximum absolute atomic E-state index is 5.81. The first-order valence-corrected chi connectivity index (χ1v) is 8.43. The highest BCUT2D eigenvalue weighted by Gasteiger charge is 2.38. The van der Waals surface area contributed by atoms with Gasteiger partial charge in [-0.2, -0.15) is 0 Å². The Morgan fingerprint density at radius 3 is 2.68 bits per heavy atom. The maximum atomic E-state index is 5.81. The molecule has 4 heteroatoms. The van der Waals surface area contributed by atoms with Gasteiger partial charge in [0.1, 0.15) is 0 Å². The minimum Gasteiger partial charge on any atom is -0.386 e. The second kappa shape index (κ2) is 8.14. The normalized spacial score (nSPS) is 22.5. The number of hydrogen-bond donors (Lipinski definition) is 0. The Morgan fingerprint density at radius 1 is 1.27 bits per heavy atom. The SMILES string of the molecule is CC(CCOB1OC(C)CC(C)(C)O1)CCc1ccccc1. The smallest absolute Gasteiger partial charge is 0.386 e. The largest absolute Gasteiger partial charge is 0.640 e. The Balaban J connectivity index is 1.63. The van der Waals surface area contributed by atoms with E-state index in [9.17, 15) is 0 Å². The summed E-state index contributed by atoms with van der Waals surface area (Å²) in [7, 11) is -0.514. The van der Waals surface area contributed by atoms with E-state index < -0.39 is 7.32 Å². The fourth-order valence-electron chi connectivity index (χ4n) is 2.91. The summed E-state index contributed by atoms with van der Waals surface area (Å²) in [6.45, 7) is 9.21. The molecule has 0 spiro atoms. The van der Waals surface area contributed by atoms with Crippen LogP contribution in [0.3, 0.4) is 0 Å². The Kier molecular flexibility index (Phi) is 6.48. The van der Waals surface area contributed by atoms with Crippen LogP contribution < -0.4 is 0 Å². The van der Waals surface area contributed by atoms with Crippen molar-refractivity contribution >= 4 is 7.32 Å². The van der Waals surface area contributed by atoms with Gasteiger partial charge in [0.15, 0.2) is 0 Å². The minimum absolute atomic E-state index is 0.165. The van der Waals surface area contributed by atoms with E-state index in [-0.39, 0.29) is 11.7 Å². The van der Waals surface area contributed by atoms with Crippen LogP contribution in [0, 0.1) is 5.92 Å². The average molecular weight is 304 g/mol. The molecular weight excluding hydrogens is 275 g/mol. The Morgan fingerprint density at radius 2 is 2.00 bits per heavy atom. The lowest BCUT2D eigenvalue weighted by Gasteiger charge is -2.37. The van der Waals surface area contributed by atoms with E-state index in [2.05, 4.69) is 58.0 Å². The first-order chi connectivity index (χ1) is 10.4. The molecule has 1 saturated heterocycles. The second-order valence-electron chi connectivity index (χ2n) is 7.11. The van der Waals surface area contributed by atoms with Crippen LogP contribution in [-0.4, -0.2) is 25.6 Å². The molecule has 0 saturated carbocycles. The van der Waals surface area contributed by atoms with E-state index in [0.717, 1.165) is 19.3 Å². The minimum atomic E-state index is -0.514. The van der Waals surface area contributed by atoms with Crippen molar-refractivity contribution in [1.29, 1.82) is 0 Å². The van der Waals surface area contributed by atoms with Crippen molar-refractivity contribution in [3.63, 3.8) is 0 Å². The van der Waals surface area contributed by atoms with Crippen molar-refractivity contribution in [2.24, 2.45) is 5.92 Å². The van der Waals surface area contributed by atoms with Gasteiger partial charge in [-0.15, -0.1) is 0 Å². The number of aryl methyl sites for hydroxylation is 1. The molecular formula is C18H29BO3. The van der Waals surface area contributed by atoms with Crippen molar-refractivity contribution in [2.75, 3.05) is 6.61 Å². The highest BCUT2D eigenvalue weighted by Crippen LogP contribution is 2.26. The molecule has 1 aromatic rings. The van der Waals surface area contributed by atoms with E-state index in [1.54, 1.807) is 0 Å². The molecule has 0 N–H and O–H groups in total. The third-order valence-electron chi connectivity index (χ3n) is 4.17. The van der Waals surface area contributed by atoms with Crippen LogP contribution in [0.5, 0.6) is 0 Å². The molecule has 1 fully saturated rings. The summed E-state index contributed by atoms with van der Waals surface area (Å²) >= 11 is 0. The molecule has 0 aliphatic carbocycles. The van der Waals surface area contributed by atoms with Crippen molar-refractivity contribution in [3.8, 4) is 0 Å². The molecule has 2 unspecified atom stereocenters. The lowest BCUT2D eigenvalue weighted by Crippen LogP contribution is -2.47. The van der Waals surface area contributed by atoms with Crippen molar-refractivity contribution < 1.29 is 14.0 Å². The third-order valence-corrected chi connectivity index (χ3v) is 4.17. The van der Waals surface area contributed by atoms with Crippen molar-refractivity contribution in [2.45, 2.75) is 65.1 Å². The molecule has 2 atom stereocenters. The summed E-state index contributed by atoms with van der Waals surface area (Å²) in [5, 5.41) is 0. The molecule has 1 aliphatic rings. The molecule has 1 aromatic carbocycles. The topological polar surface area (TPSA) is 27.7 Å². The summed E-state index contributed by atoms with van der Waals surface area (Å²) in [6, 6.07) is 10.6. The van der Waals surface area contributed by atoms with Gasteiger partial charge in [0.2, 0.25) is 0 Å². The van der Waals surface area contributed by atoms with Crippen LogP contribution in [0.25, 0.3) is 0 Å². The molecule has 0 amide bonds. The number of rotatable bonds is 7. The first kappa shape index (κ1) is 17.5. The van der Waals surface area contributed by atoms with Crippen LogP contribution >= 0.6 is 0 Å². The maximum Gasteiger partial charge on any atom is 0.640 e. The average Bonchev–Trinajstić information content (AvgIpc) is 2.44. The predicted molar refractivity (Wildman–Crippen MR) is 90.6 cm³/mol. The highest BCUT2D eigenvalue weighted by atomic mass is 16.7. The Hall–Kier alpha value is -0.835. The van der Waals surface area contributed by atoms with Gasteiger partial charge in [-0.3, -0.25) is 0 Å². The zero-order valence-corrected chi connectivity index (χ0v) is 14.4. The number of hydrogen-bond acceptors (Lipinski definition) is 3. The molecule has 2 rings (SSSR count). The summed E-state index contributed by atoms with van der Waals surface area (Å²) < 4.78 is 17.3.